The molecule has 5 nitrogen and oxygen atoms in total. The largest absolute Gasteiger partial charge is 0.503 e. The standard InChI is InChI=1S/C16H15BrClN3O2S/c1-9-12(18)4-3-5-13(9)20-16(24)21-19-8-10-6-11(17)15(22)14(7-10)23-2/h3-8,22H,1-2H3,(H2,20,21,24)/b19-8+. The number of thiocarbonyl (C=S) groups is 1. The highest BCUT2D eigenvalue weighted by Gasteiger charge is 2.07. The molecule has 0 radical (unpaired) electrons. The summed E-state index contributed by atoms with van der Waals surface area (Å²) in [7, 11) is 1.48. The molecule has 0 fully saturated rings. The lowest BCUT2D eigenvalue weighted by atomic mass is 10.2. The second kappa shape index (κ2) is 8.32. The number of phenolic OH excluding ortho intramolecular Hbond substituents is 1. The second-order valence-electron chi connectivity index (χ2n) is 4.79. The van der Waals surface area contributed by atoms with Crippen LogP contribution in [0.2, 0.25) is 5.02 Å². The highest BCUT2D eigenvalue weighted by molar-refractivity contribution is 9.10. The van der Waals surface area contributed by atoms with Gasteiger partial charge in [0.15, 0.2) is 16.6 Å². The normalized spacial score (nSPS) is 10.7. The molecule has 0 amide bonds. The summed E-state index contributed by atoms with van der Waals surface area (Å²) in [6, 6.07) is 8.89. The Bertz CT molecular complexity index is 799. The number of aromatic hydroxyl groups is 1. The van der Waals surface area contributed by atoms with Crippen molar-refractivity contribution in [1.29, 1.82) is 0 Å². The van der Waals surface area contributed by atoms with Gasteiger partial charge in [0.25, 0.3) is 0 Å². The van der Waals surface area contributed by atoms with Crippen molar-refractivity contribution in [2.75, 3.05) is 12.4 Å². The molecule has 0 saturated carbocycles. The summed E-state index contributed by atoms with van der Waals surface area (Å²) in [6.07, 6.45) is 1.56. The minimum absolute atomic E-state index is 0.0382. The number of halogens is 2. The van der Waals surface area contributed by atoms with Gasteiger partial charge >= 0.3 is 0 Å². The molecule has 2 aromatic carbocycles. The molecule has 0 aliphatic heterocycles. The summed E-state index contributed by atoms with van der Waals surface area (Å²) in [6.45, 7) is 1.90. The lowest BCUT2D eigenvalue weighted by Gasteiger charge is -2.10. The maximum Gasteiger partial charge on any atom is 0.191 e. The predicted octanol–water partition coefficient (Wildman–Crippen LogP) is 4.45. The van der Waals surface area contributed by atoms with Crippen LogP contribution in [0.5, 0.6) is 11.5 Å². The van der Waals surface area contributed by atoms with Crippen molar-refractivity contribution in [2.45, 2.75) is 6.92 Å². The molecular formula is C16H15BrClN3O2S. The molecule has 0 bridgehead atoms. The van der Waals surface area contributed by atoms with Gasteiger partial charge in [0, 0.05) is 10.7 Å². The van der Waals surface area contributed by atoms with E-state index in [1.54, 1.807) is 18.3 Å². The van der Waals surface area contributed by atoms with Crippen molar-refractivity contribution in [3.63, 3.8) is 0 Å². The second-order valence-corrected chi connectivity index (χ2v) is 6.46. The Kier molecular flexibility index (Phi) is 6.42. The van der Waals surface area contributed by atoms with E-state index in [1.165, 1.54) is 7.11 Å². The summed E-state index contributed by atoms with van der Waals surface area (Å²) in [5, 5.41) is 17.9. The van der Waals surface area contributed by atoms with Crippen LogP contribution in [-0.2, 0) is 0 Å². The highest BCUT2D eigenvalue weighted by atomic mass is 79.9. The summed E-state index contributed by atoms with van der Waals surface area (Å²) < 4.78 is 5.60. The van der Waals surface area contributed by atoms with E-state index in [1.807, 2.05) is 25.1 Å². The lowest BCUT2D eigenvalue weighted by Crippen LogP contribution is -2.24. The Hall–Kier alpha value is -1.83. The van der Waals surface area contributed by atoms with Crippen molar-refractivity contribution in [3.05, 3.63) is 51.0 Å². The molecule has 0 aromatic heterocycles. The van der Waals surface area contributed by atoms with Gasteiger partial charge in [-0.3, -0.25) is 5.43 Å². The number of hydrogen-bond donors (Lipinski definition) is 3. The monoisotopic (exact) mass is 427 g/mol. The van der Waals surface area contributed by atoms with Gasteiger partial charge in [0.05, 0.1) is 17.8 Å². The minimum Gasteiger partial charge on any atom is -0.503 e. The number of hydrogen-bond acceptors (Lipinski definition) is 4. The molecule has 0 aliphatic carbocycles. The first-order chi connectivity index (χ1) is 11.4. The molecule has 126 valence electrons. The zero-order valence-electron chi connectivity index (χ0n) is 12.9. The van der Waals surface area contributed by atoms with Gasteiger partial charge in [-0.05, 0) is 70.5 Å². The van der Waals surface area contributed by atoms with Crippen molar-refractivity contribution in [1.82, 2.24) is 5.43 Å². The van der Waals surface area contributed by atoms with Crippen molar-refractivity contribution in [3.8, 4) is 11.5 Å². The van der Waals surface area contributed by atoms with E-state index in [2.05, 4.69) is 31.8 Å². The van der Waals surface area contributed by atoms with E-state index in [-0.39, 0.29) is 5.75 Å². The van der Waals surface area contributed by atoms with Crippen LogP contribution < -0.4 is 15.5 Å². The summed E-state index contributed by atoms with van der Waals surface area (Å²) >= 11 is 14.5. The van der Waals surface area contributed by atoms with E-state index in [9.17, 15) is 5.11 Å². The topological polar surface area (TPSA) is 65.9 Å². The first kappa shape index (κ1) is 18.5. The van der Waals surface area contributed by atoms with E-state index in [0.717, 1.165) is 16.8 Å². The third-order valence-electron chi connectivity index (χ3n) is 3.17. The Morgan fingerprint density at radius 2 is 2.17 bits per heavy atom. The number of nitrogens with zero attached hydrogens (tertiary/aromatic N) is 1. The van der Waals surface area contributed by atoms with Crippen LogP contribution in [0.3, 0.4) is 0 Å². The van der Waals surface area contributed by atoms with Crippen LogP contribution in [0.1, 0.15) is 11.1 Å². The molecule has 0 saturated heterocycles. The third-order valence-corrected chi connectivity index (χ3v) is 4.37. The van der Waals surface area contributed by atoms with E-state index < -0.39 is 0 Å². The lowest BCUT2D eigenvalue weighted by molar-refractivity contribution is 0.372. The van der Waals surface area contributed by atoms with Gasteiger partial charge in [-0.25, -0.2) is 0 Å². The van der Waals surface area contributed by atoms with Gasteiger partial charge in [-0.2, -0.15) is 5.10 Å². The van der Waals surface area contributed by atoms with Crippen LogP contribution >= 0.6 is 39.7 Å². The SMILES string of the molecule is COc1cc(/C=N/NC(=S)Nc2cccc(Cl)c2C)cc(Br)c1O. The zero-order valence-corrected chi connectivity index (χ0v) is 16.1. The minimum atomic E-state index is 0.0382. The van der Waals surface area contributed by atoms with Crippen LogP contribution in [-0.4, -0.2) is 23.5 Å². The molecule has 3 N–H and O–H groups in total. The van der Waals surface area contributed by atoms with Crippen LogP contribution in [0.4, 0.5) is 5.69 Å². The van der Waals surface area contributed by atoms with Crippen LogP contribution in [0.25, 0.3) is 0 Å². The zero-order chi connectivity index (χ0) is 17.7. The number of hydrazone groups is 1. The Labute approximate surface area is 158 Å². The van der Waals surface area contributed by atoms with Gasteiger partial charge in [-0.1, -0.05) is 17.7 Å². The number of nitrogens with one attached hydrogen (secondary N) is 2. The van der Waals surface area contributed by atoms with Crippen molar-refractivity contribution < 1.29 is 9.84 Å². The quantitative estimate of drug-likeness (QED) is 0.381. The van der Waals surface area contributed by atoms with Gasteiger partial charge in [0.1, 0.15) is 0 Å². The molecule has 2 aromatic rings. The third kappa shape index (κ3) is 4.59. The predicted molar refractivity (Wildman–Crippen MR) is 105 cm³/mol. The number of phenols is 1. The fourth-order valence-corrected chi connectivity index (χ4v) is 2.68. The van der Waals surface area contributed by atoms with E-state index in [4.69, 9.17) is 28.6 Å². The molecule has 0 unspecified atom stereocenters. The number of benzene rings is 2. The summed E-state index contributed by atoms with van der Waals surface area (Å²) in [5.41, 5.74) is 5.17. The number of rotatable bonds is 4. The molecule has 0 atom stereocenters. The van der Waals surface area contributed by atoms with Gasteiger partial charge in [-0.15, -0.1) is 0 Å². The van der Waals surface area contributed by atoms with Crippen molar-refractivity contribution in [2.24, 2.45) is 5.10 Å². The first-order valence-electron chi connectivity index (χ1n) is 6.84. The number of ether oxygens (including phenoxy) is 1. The molecule has 0 heterocycles. The molecule has 8 heteroatoms. The van der Waals surface area contributed by atoms with Crippen LogP contribution in [0.15, 0.2) is 39.9 Å². The average molecular weight is 429 g/mol. The first-order valence-corrected chi connectivity index (χ1v) is 8.42. The number of anilines is 1. The Morgan fingerprint density at radius 3 is 2.88 bits per heavy atom. The molecule has 24 heavy (non-hydrogen) atoms. The van der Waals surface area contributed by atoms with E-state index in [0.29, 0.717) is 20.4 Å². The van der Waals surface area contributed by atoms with Crippen LogP contribution in [0, 0.1) is 6.92 Å². The molecule has 2 rings (SSSR count). The fraction of sp³-hybridized carbons (Fsp3) is 0.125. The van der Waals surface area contributed by atoms with E-state index >= 15 is 0 Å². The highest BCUT2D eigenvalue weighted by Crippen LogP contribution is 2.34. The number of methoxy groups -OCH3 is 1. The fourth-order valence-electron chi connectivity index (χ4n) is 1.88. The maximum absolute atomic E-state index is 9.77. The molecule has 0 spiro atoms. The average Bonchev–Trinajstić information content (AvgIpc) is 2.55. The summed E-state index contributed by atoms with van der Waals surface area (Å²) in [4.78, 5) is 0. The molecule has 0 aliphatic rings. The van der Waals surface area contributed by atoms with Crippen molar-refractivity contribution >= 4 is 56.8 Å². The van der Waals surface area contributed by atoms with Gasteiger partial charge in [0.2, 0.25) is 0 Å². The van der Waals surface area contributed by atoms with Gasteiger partial charge < -0.3 is 15.2 Å². The maximum atomic E-state index is 9.77. The summed E-state index contributed by atoms with van der Waals surface area (Å²) in [5.74, 6) is 0.386. The Balaban J connectivity index is 2.02. The Morgan fingerprint density at radius 1 is 1.42 bits per heavy atom. The smallest absolute Gasteiger partial charge is 0.191 e. The molecular weight excluding hydrogens is 414 g/mol.